The smallest absolute Gasteiger partial charge is 0.244 e. The van der Waals surface area contributed by atoms with Crippen LogP contribution in [-0.2, 0) is 11.3 Å². The molecular formula is C12H10ClN5O. The fraction of sp³-hybridized carbons (Fsp3) is 0.0833. The number of benzene rings is 1. The van der Waals surface area contributed by atoms with E-state index in [1.54, 1.807) is 24.4 Å². The van der Waals surface area contributed by atoms with Crippen LogP contribution in [0, 0.1) is 11.3 Å². The summed E-state index contributed by atoms with van der Waals surface area (Å²) in [6.07, 6.45) is 3.02. The number of halogens is 1. The molecule has 0 saturated carbocycles. The van der Waals surface area contributed by atoms with Crippen LogP contribution < -0.4 is 11.1 Å². The van der Waals surface area contributed by atoms with E-state index in [2.05, 4.69) is 10.3 Å². The summed E-state index contributed by atoms with van der Waals surface area (Å²) in [5.41, 5.74) is 6.59. The second-order valence-corrected chi connectivity index (χ2v) is 4.21. The SMILES string of the molecule is N#Cc1nccn1CC(=O)Nc1ccc(Cl)cc1N. The van der Waals surface area contributed by atoms with E-state index >= 15 is 0 Å². The van der Waals surface area contributed by atoms with Gasteiger partial charge in [0, 0.05) is 17.4 Å². The number of aromatic nitrogens is 2. The molecule has 0 radical (unpaired) electrons. The molecule has 0 saturated heterocycles. The summed E-state index contributed by atoms with van der Waals surface area (Å²) in [4.78, 5) is 15.6. The van der Waals surface area contributed by atoms with E-state index in [0.29, 0.717) is 16.4 Å². The topological polar surface area (TPSA) is 96.7 Å². The Balaban J connectivity index is 2.08. The third kappa shape index (κ3) is 3.03. The van der Waals surface area contributed by atoms with Crippen LogP contribution in [0.4, 0.5) is 11.4 Å². The number of carbonyl (C=O) groups excluding carboxylic acids is 1. The molecule has 0 spiro atoms. The predicted molar refractivity (Wildman–Crippen MR) is 71.4 cm³/mol. The Kier molecular flexibility index (Phi) is 3.68. The van der Waals surface area contributed by atoms with Crippen LogP contribution in [-0.4, -0.2) is 15.5 Å². The second kappa shape index (κ2) is 5.42. The first-order chi connectivity index (χ1) is 9.10. The lowest BCUT2D eigenvalue weighted by molar-refractivity contribution is -0.116. The average Bonchev–Trinajstić information content (AvgIpc) is 2.80. The summed E-state index contributed by atoms with van der Waals surface area (Å²) < 4.78 is 1.45. The number of nitriles is 1. The van der Waals surface area contributed by atoms with Crippen molar-refractivity contribution in [3.05, 3.63) is 41.4 Å². The Hall–Kier alpha value is -2.52. The first kappa shape index (κ1) is 12.9. The monoisotopic (exact) mass is 275 g/mol. The van der Waals surface area contributed by atoms with E-state index in [4.69, 9.17) is 22.6 Å². The van der Waals surface area contributed by atoms with Crippen molar-refractivity contribution in [2.75, 3.05) is 11.1 Å². The summed E-state index contributed by atoms with van der Waals surface area (Å²) in [5.74, 6) is -0.122. The third-order valence-electron chi connectivity index (χ3n) is 2.42. The Morgan fingerprint density at radius 1 is 1.58 bits per heavy atom. The maximum atomic E-state index is 11.8. The quantitative estimate of drug-likeness (QED) is 0.832. The molecule has 0 unspecified atom stereocenters. The molecule has 96 valence electrons. The molecule has 1 amide bonds. The zero-order chi connectivity index (χ0) is 13.8. The number of nitrogen functional groups attached to an aromatic ring is 1. The van der Waals surface area contributed by atoms with Gasteiger partial charge in [0.15, 0.2) is 0 Å². The van der Waals surface area contributed by atoms with E-state index in [1.165, 1.54) is 10.8 Å². The molecule has 0 atom stereocenters. The highest BCUT2D eigenvalue weighted by molar-refractivity contribution is 6.31. The number of imidazole rings is 1. The Morgan fingerprint density at radius 3 is 3.05 bits per heavy atom. The van der Waals surface area contributed by atoms with Crippen molar-refractivity contribution in [2.24, 2.45) is 0 Å². The number of amides is 1. The summed E-state index contributed by atoms with van der Waals surface area (Å²) in [6.45, 7) is -0.00897. The summed E-state index contributed by atoms with van der Waals surface area (Å²) >= 11 is 5.77. The molecule has 7 heteroatoms. The molecule has 2 rings (SSSR count). The van der Waals surface area contributed by atoms with Crippen molar-refractivity contribution < 1.29 is 4.79 Å². The molecule has 0 aliphatic rings. The number of nitrogens with one attached hydrogen (secondary N) is 1. The third-order valence-corrected chi connectivity index (χ3v) is 2.65. The normalized spacial score (nSPS) is 9.89. The number of nitrogens with zero attached hydrogens (tertiary/aromatic N) is 3. The molecule has 0 aliphatic carbocycles. The van der Waals surface area contributed by atoms with Crippen LogP contribution in [0.15, 0.2) is 30.6 Å². The van der Waals surface area contributed by atoms with Crippen LogP contribution in [0.25, 0.3) is 0 Å². The molecular weight excluding hydrogens is 266 g/mol. The van der Waals surface area contributed by atoms with Crippen LogP contribution in [0.2, 0.25) is 5.02 Å². The number of nitrogens with two attached hydrogens (primary N) is 1. The zero-order valence-electron chi connectivity index (χ0n) is 9.80. The average molecular weight is 276 g/mol. The summed E-state index contributed by atoms with van der Waals surface area (Å²) in [6, 6.07) is 6.69. The molecule has 1 aromatic heterocycles. The maximum Gasteiger partial charge on any atom is 0.244 e. The fourth-order valence-electron chi connectivity index (χ4n) is 1.54. The maximum absolute atomic E-state index is 11.8. The minimum Gasteiger partial charge on any atom is -0.397 e. The molecule has 0 bridgehead atoms. The highest BCUT2D eigenvalue weighted by atomic mass is 35.5. The van der Waals surface area contributed by atoms with Crippen LogP contribution in [0.5, 0.6) is 0 Å². The van der Waals surface area contributed by atoms with Gasteiger partial charge in [-0.1, -0.05) is 11.6 Å². The highest BCUT2D eigenvalue weighted by Crippen LogP contribution is 2.22. The van der Waals surface area contributed by atoms with Gasteiger partial charge in [0.2, 0.25) is 11.7 Å². The number of carbonyl (C=O) groups is 1. The number of hydrogen-bond donors (Lipinski definition) is 2. The highest BCUT2D eigenvalue weighted by Gasteiger charge is 2.09. The molecule has 2 aromatic rings. The lowest BCUT2D eigenvalue weighted by atomic mass is 10.2. The molecule has 0 aliphatic heterocycles. The lowest BCUT2D eigenvalue weighted by Gasteiger charge is -2.09. The van der Waals surface area contributed by atoms with E-state index in [9.17, 15) is 4.79 Å². The lowest BCUT2D eigenvalue weighted by Crippen LogP contribution is -2.19. The van der Waals surface area contributed by atoms with Gasteiger partial charge >= 0.3 is 0 Å². The fourth-order valence-corrected chi connectivity index (χ4v) is 1.72. The predicted octanol–water partition coefficient (Wildman–Crippen LogP) is 1.63. The van der Waals surface area contributed by atoms with Gasteiger partial charge in [-0.05, 0) is 18.2 Å². The van der Waals surface area contributed by atoms with E-state index in [1.807, 2.05) is 6.07 Å². The molecule has 1 aromatic carbocycles. The minimum absolute atomic E-state index is 0.00897. The molecule has 0 fully saturated rings. The van der Waals surface area contributed by atoms with Gasteiger partial charge in [0.25, 0.3) is 0 Å². The van der Waals surface area contributed by atoms with Gasteiger partial charge in [-0.15, -0.1) is 0 Å². The van der Waals surface area contributed by atoms with Crippen LogP contribution in [0.3, 0.4) is 0 Å². The Bertz CT molecular complexity index is 658. The Morgan fingerprint density at radius 2 is 2.37 bits per heavy atom. The van der Waals surface area contributed by atoms with Gasteiger partial charge in [-0.2, -0.15) is 5.26 Å². The van der Waals surface area contributed by atoms with Crippen molar-refractivity contribution in [1.29, 1.82) is 5.26 Å². The standard InChI is InChI=1S/C12H10ClN5O/c13-8-1-2-10(9(15)5-8)17-12(19)7-18-4-3-16-11(18)6-14/h1-5H,7,15H2,(H,17,19). The number of anilines is 2. The van der Waals surface area contributed by atoms with Gasteiger partial charge in [-0.3, -0.25) is 4.79 Å². The van der Waals surface area contributed by atoms with Crippen molar-refractivity contribution in [3.8, 4) is 6.07 Å². The van der Waals surface area contributed by atoms with Crippen LogP contribution >= 0.6 is 11.6 Å². The zero-order valence-corrected chi connectivity index (χ0v) is 10.6. The molecule has 6 nitrogen and oxygen atoms in total. The first-order valence-corrected chi connectivity index (χ1v) is 5.74. The van der Waals surface area contributed by atoms with Gasteiger partial charge in [-0.25, -0.2) is 4.98 Å². The van der Waals surface area contributed by atoms with Crippen molar-refractivity contribution in [3.63, 3.8) is 0 Å². The minimum atomic E-state index is -0.302. The van der Waals surface area contributed by atoms with Crippen molar-refractivity contribution in [2.45, 2.75) is 6.54 Å². The molecule has 19 heavy (non-hydrogen) atoms. The number of hydrogen-bond acceptors (Lipinski definition) is 4. The Labute approximate surface area is 114 Å². The second-order valence-electron chi connectivity index (χ2n) is 3.77. The van der Waals surface area contributed by atoms with Gasteiger partial charge < -0.3 is 15.6 Å². The molecule has 1 heterocycles. The summed E-state index contributed by atoms with van der Waals surface area (Å²) in [7, 11) is 0. The van der Waals surface area contributed by atoms with Gasteiger partial charge in [0.05, 0.1) is 11.4 Å². The van der Waals surface area contributed by atoms with Crippen molar-refractivity contribution >= 4 is 28.9 Å². The first-order valence-electron chi connectivity index (χ1n) is 5.36. The van der Waals surface area contributed by atoms with E-state index in [-0.39, 0.29) is 18.3 Å². The van der Waals surface area contributed by atoms with Gasteiger partial charge in [0.1, 0.15) is 12.6 Å². The molecule has 3 N–H and O–H groups in total. The summed E-state index contributed by atoms with van der Waals surface area (Å²) in [5, 5.41) is 11.9. The van der Waals surface area contributed by atoms with E-state index in [0.717, 1.165) is 0 Å². The number of rotatable bonds is 3. The van der Waals surface area contributed by atoms with Crippen molar-refractivity contribution in [1.82, 2.24) is 9.55 Å². The van der Waals surface area contributed by atoms with E-state index < -0.39 is 0 Å². The van der Waals surface area contributed by atoms with Crippen LogP contribution in [0.1, 0.15) is 5.82 Å². The largest absolute Gasteiger partial charge is 0.397 e.